The van der Waals surface area contributed by atoms with Gasteiger partial charge in [0.25, 0.3) is 0 Å². The van der Waals surface area contributed by atoms with Crippen LogP contribution in [0.5, 0.6) is 0 Å². The molecule has 0 bridgehead atoms. The van der Waals surface area contributed by atoms with Crippen LogP contribution in [0, 0.1) is 19.8 Å². The minimum atomic E-state index is -4.67. The van der Waals surface area contributed by atoms with Gasteiger partial charge >= 0.3 is 6.18 Å². The lowest BCUT2D eigenvalue weighted by molar-refractivity contribution is -0.145. The summed E-state index contributed by atoms with van der Waals surface area (Å²) < 4.78 is 40.2. The van der Waals surface area contributed by atoms with Gasteiger partial charge < -0.3 is 4.79 Å². The maximum Gasteiger partial charge on any atom is 0.451 e. The first kappa shape index (κ1) is 14.6. The average Bonchev–Trinajstić information content (AvgIpc) is 3.15. The number of aryl methyl sites for hydroxylation is 2. The largest absolute Gasteiger partial charge is 0.451 e. The van der Waals surface area contributed by atoms with Crippen LogP contribution in [0.2, 0.25) is 0 Å². The van der Waals surface area contributed by atoms with E-state index >= 15 is 0 Å². The molecule has 1 aliphatic carbocycles. The number of hydrogen-bond donors (Lipinski definition) is 0. The van der Waals surface area contributed by atoms with Gasteiger partial charge in [0.05, 0.1) is 5.69 Å². The smallest absolute Gasteiger partial charge is 0.303 e. The molecule has 2 unspecified atom stereocenters. The first-order valence-corrected chi connectivity index (χ1v) is 6.61. The Labute approximate surface area is 123 Å². The second-order valence-electron chi connectivity index (χ2n) is 5.23. The van der Waals surface area contributed by atoms with Gasteiger partial charge in [0, 0.05) is 17.9 Å². The van der Waals surface area contributed by atoms with Gasteiger partial charge in [0.15, 0.2) is 5.82 Å². The lowest BCUT2D eigenvalue weighted by Gasteiger charge is -2.10. The van der Waals surface area contributed by atoms with Crippen LogP contribution >= 0.6 is 0 Å². The molecule has 0 saturated heterocycles. The van der Waals surface area contributed by atoms with Crippen molar-refractivity contribution in [2.75, 3.05) is 0 Å². The van der Waals surface area contributed by atoms with Gasteiger partial charge in [-0.1, -0.05) is 0 Å². The summed E-state index contributed by atoms with van der Waals surface area (Å²) in [5, 5.41) is 4.04. The van der Waals surface area contributed by atoms with Crippen LogP contribution in [0.1, 0.15) is 35.5 Å². The SMILES string of the molecule is Cc1nc(C)n(-c2cc(C3CC3C=O)nc(C(F)(F)F)n2)n1. The Morgan fingerprint density at radius 2 is 2.00 bits per heavy atom. The van der Waals surface area contributed by atoms with E-state index in [0.717, 1.165) is 6.29 Å². The molecule has 2 aromatic heterocycles. The van der Waals surface area contributed by atoms with Crippen molar-refractivity contribution < 1.29 is 18.0 Å². The minimum Gasteiger partial charge on any atom is -0.303 e. The Morgan fingerprint density at radius 3 is 2.50 bits per heavy atom. The predicted octanol–water partition coefficient (Wildman–Crippen LogP) is 2.00. The Morgan fingerprint density at radius 1 is 1.27 bits per heavy atom. The molecule has 0 amide bonds. The van der Waals surface area contributed by atoms with Crippen LogP contribution in [0.3, 0.4) is 0 Å². The van der Waals surface area contributed by atoms with Gasteiger partial charge in [-0.05, 0) is 20.3 Å². The van der Waals surface area contributed by atoms with Crippen molar-refractivity contribution in [2.24, 2.45) is 5.92 Å². The topological polar surface area (TPSA) is 73.6 Å². The summed E-state index contributed by atoms with van der Waals surface area (Å²) >= 11 is 0. The second-order valence-corrected chi connectivity index (χ2v) is 5.23. The average molecular weight is 311 g/mol. The molecule has 22 heavy (non-hydrogen) atoms. The quantitative estimate of drug-likeness (QED) is 0.811. The molecule has 1 aliphatic rings. The molecule has 0 aromatic carbocycles. The highest BCUT2D eigenvalue weighted by molar-refractivity contribution is 5.61. The molecule has 1 saturated carbocycles. The monoisotopic (exact) mass is 311 g/mol. The predicted molar refractivity (Wildman–Crippen MR) is 68.3 cm³/mol. The van der Waals surface area contributed by atoms with E-state index in [-0.39, 0.29) is 23.3 Å². The summed E-state index contributed by atoms with van der Waals surface area (Å²) in [6.07, 6.45) is -3.42. The van der Waals surface area contributed by atoms with Gasteiger partial charge in [-0.25, -0.2) is 15.0 Å². The summed E-state index contributed by atoms with van der Waals surface area (Å²) in [5.74, 6) is -0.926. The molecular formula is C13H12F3N5O. The molecule has 0 spiro atoms. The number of aromatic nitrogens is 5. The number of nitrogens with zero attached hydrogens (tertiary/aromatic N) is 5. The first-order valence-electron chi connectivity index (χ1n) is 6.61. The zero-order valence-electron chi connectivity index (χ0n) is 11.8. The van der Waals surface area contributed by atoms with Crippen LogP contribution in [0.15, 0.2) is 6.07 Å². The van der Waals surface area contributed by atoms with Gasteiger partial charge in [-0.2, -0.15) is 17.9 Å². The van der Waals surface area contributed by atoms with Crippen molar-refractivity contribution in [3.63, 3.8) is 0 Å². The van der Waals surface area contributed by atoms with Crippen molar-refractivity contribution in [2.45, 2.75) is 32.4 Å². The number of aldehydes is 1. The van der Waals surface area contributed by atoms with Gasteiger partial charge in [0.1, 0.15) is 17.9 Å². The number of carbonyl (C=O) groups is 1. The molecule has 116 valence electrons. The molecule has 6 nitrogen and oxygen atoms in total. The second kappa shape index (κ2) is 4.85. The van der Waals surface area contributed by atoms with Crippen LogP contribution in [0.4, 0.5) is 13.2 Å². The summed E-state index contributed by atoms with van der Waals surface area (Å²) in [4.78, 5) is 21.9. The molecule has 0 radical (unpaired) electrons. The third-order valence-electron chi connectivity index (χ3n) is 3.47. The minimum absolute atomic E-state index is 0.00646. The van der Waals surface area contributed by atoms with Gasteiger partial charge in [-0.3, -0.25) is 0 Å². The van der Waals surface area contributed by atoms with Crippen LogP contribution in [-0.4, -0.2) is 31.0 Å². The van der Waals surface area contributed by atoms with E-state index in [1.165, 1.54) is 10.7 Å². The Bertz CT molecular complexity index is 740. The number of halogens is 3. The fourth-order valence-electron chi connectivity index (χ4n) is 2.32. The van der Waals surface area contributed by atoms with Crippen LogP contribution in [-0.2, 0) is 11.0 Å². The Hall–Kier alpha value is -2.32. The summed E-state index contributed by atoms with van der Waals surface area (Å²) in [7, 11) is 0. The van der Waals surface area contributed by atoms with Crippen molar-refractivity contribution in [1.82, 2.24) is 24.7 Å². The molecule has 0 aliphatic heterocycles. The lowest BCUT2D eigenvalue weighted by Crippen LogP contribution is -2.16. The van der Waals surface area contributed by atoms with Crippen molar-refractivity contribution in [3.8, 4) is 5.82 Å². The number of hydrogen-bond acceptors (Lipinski definition) is 5. The fraction of sp³-hybridized carbons (Fsp3) is 0.462. The normalized spacial score (nSPS) is 21.0. The van der Waals surface area contributed by atoms with Crippen LogP contribution < -0.4 is 0 Å². The molecule has 2 atom stereocenters. The molecule has 9 heteroatoms. The highest BCUT2D eigenvalue weighted by Crippen LogP contribution is 2.45. The van der Waals surface area contributed by atoms with E-state index in [9.17, 15) is 18.0 Å². The highest BCUT2D eigenvalue weighted by Gasteiger charge is 2.42. The van der Waals surface area contributed by atoms with E-state index in [4.69, 9.17) is 0 Å². The summed E-state index contributed by atoms with van der Waals surface area (Å²) in [5.41, 5.74) is 0.210. The summed E-state index contributed by atoms with van der Waals surface area (Å²) in [6, 6.07) is 1.44. The number of alkyl halides is 3. The molecule has 3 rings (SSSR count). The zero-order chi connectivity index (χ0) is 16.1. The molecular weight excluding hydrogens is 299 g/mol. The Balaban J connectivity index is 2.11. The van der Waals surface area contributed by atoms with E-state index in [1.807, 2.05) is 0 Å². The number of rotatable bonds is 3. The Kier molecular flexibility index (Phi) is 3.22. The summed E-state index contributed by atoms with van der Waals surface area (Å²) in [6.45, 7) is 3.26. The third-order valence-corrected chi connectivity index (χ3v) is 3.47. The first-order chi connectivity index (χ1) is 10.3. The standard InChI is InChI=1S/C13H12F3N5O/c1-6-17-7(2)21(20-6)11-4-10(9-3-8(9)5-22)18-12(19-11)13(14,15)16/h4-5,8-9H,3H2,1-2H3. The highest BCUT2D eigenvalue weighted by atomic mass is 19.4. The fourth-order valence-corrected chi connectivity index (χ4v) is 2.32. The maximum atomic E-state index is 13.0. The van der Waals surface area contributed by atoms with E-state index < -0.39 is 12.0 Å². The molecule has 2 aromatic rings. The van der Waals surface area contributed by atoms with Crippen LogP contribution in [0.25, 0.3) is 5.82 Å². The molecule has 2 heterocycles. The van der Waals surface area contributed by atoms with Crippen molar-refractivity contribution in [1.29, 1.82) is 0 Å². The van der Waals surface area contributed by atoms with E-state index in [1.54, 1.807) is 13.8 Å². The molecule has 1 fully saturated rings. The number of carbonyl (C=O) groups excluding carboxylic acids is 1. The maximum absolute atomic E-state index is 13.0. The molecule has 0 N–H and O–H groups in total. The van der Waals surface area contributed by atoms with E-state index in [0.29, 0.717) is 18.1 Å². The van der Waals surface area contributed by atoms with Gasteiger partial charge in [0.2, 0.25) is 5.82 Å². The lowest BCUT2D eigenvalue weighted by atomic mass is 10.2. The van der Waals surface area contributed by atoms with Crippen molar-refractivity contribution >= 4 is 6.29 Å². The van der Waals surface area contributed by atoms with Crippen molar-refractivity contribution in [3.05, 3.63) is 29.2 Å². The van der Waals surface area contributed by atoms with Gasteiger partial charge in [-0.15, -0.1) is 5.10 Å². The zero-order valence-corrected chi connectivity index (χ0v) is 11.8. The van der Waals surface area contributed by atoms with E-state index in [2.05, 4.69) is 20.1 Å². The third kappa shape index (κ3) is 2.58.